The van der Waals surface area contributed by atoms with Crippen LogP contribution in [0.1, 0.15) is 16.8 Å². The first-order chi connectivity index (χ1) is 15.9. The van der Waals surface area contributed by atoms with Crippen molar-refractivity contribution in [2.75, 3.05) is 0 Å². The SMILES string of the molecule is Cc1ccc([N+](=O)[O-])cc1S(=O)(=O)c1cc([N+](=O)[O-])ccc1C.Cc1cn2cc(Br)ccc2n1. The Balaban J connectivity index is 0.000000243. The van der Waals surface area contributed by atoms with Crippen molar-refractivity contribution in [3.63, 3.8) is 0 Å². The number of non-ortho nitro benzene ring substituents is 2. The van der Waals surface area contributed by atoms with Crippen LogP contribution in [-0.4, -0.2) is 27.6 Å². The second kappa shape index (κ2) is 9.69. The van der Waals surface area contributed by atoms with Crippen molar-refractivity contribution >= 4 is 42.8 Å². The summed E-state index contributed by atoms with van der Waals surface area (Å²) in [6.45, 7) is 4.99. The van der Waals surface area contributed by atoms with Crippen molar-refractivity contribution in [3.05, 3.63) is 102 Å². The molecule has 2 aromatic carbocycles. The summed E-state index contributed by atoms with van der Waals surface area (Å²) in [7, 11) is -4.12. The Morgan fingerprint density at radius 2 is 1.32 bits per heavy atom. The number of fused-ring (bicyclic) bond motifs is 1. The number of halogens is 1. The Labute approximate surface area is 203 Å². The molecule has 10 nitrogen and oxygen atoms in total. The second-order valence-electron chi connectivity index (χ2n) is 7.41. The van der Waals surface area contributed by atoms with E-state index >= 15 is 0 Å². The maximum Gasteiger partial charge on any atom is 0.270 e. The summed E-state index contributed by atoms with van der Waals surface area (Å²) in [5.41, 5.74) is 1.95. The Hall–Kier alpha value is -3.64. The molecule has 0 aliphatic rings. The first-order valence-corrected chi connectivity index (χ1v) is 12.0. The predicted octanol–water partition coefficient (Wildman–Crippen LogP) is 5.36. The van der Waals surface area contributed by atoms with Crippen molar-refractivity contribution in [2.24, 2.45) is 0 Å². The van der Waals surface area contributed by atoms with Gasteiger partial charge in [-0.1, -0.05) is 12.1 Å². The number of benzene rings is 2. The number of rotatable bonds is 4. The molecule has 0 unspecified atom stereocenters. The highest BCUT2D eigenvalue weighted by Gasteiger charge is 2.26. The number of nitrogens with zero attached hydrogens (tertiary/aromatic N) is 4. The van der Waals surface area contributed by atoms with Crippen molar-refractivity contribution < 1.29 is 18.3 Å². The maximum absolute atomic E-state index is 12.8. The van der Waals surface area contributed by atoms with Crippen molar-refractivity contribution in [1.29, 1.82) is 0 Å². The van der Waals surface area contributed by atoms with Gasteiger partial charge in [0.15, 0.2) is 0 Å². The topological polar surface area (TPSA) is 138 Å². The van der Waals surface area contributed by atoms with Gasteiger partial charge in [0.05, 0.1) is 25.3 Å². The molecule has 0 atom stereocenters. The molecule has 0 aliphatic carbocycles. The van der Waals surface area contributed by atoms with E-state index in [1.807, 2.05) is 35.9 Å². The summed E-state index contributed by atoms with van der Waals surface area (Å²) in [5.74, 6) is 0. The van der Waals surface area contributed by atoms with Gasteiger partial charge in [0, 0.05) is 41.1 Å². The van der Waals surface area contributed by atoms with Crippen LogP contribution < -0.4 is 0 Å². The fraction of sp³-hybridized carbons (Fsp3) is 0.136. The number of hydrogen-bond acceptors (Lipinski definition) is 7. The van der Waals surface area contributed by atoms with Crippen LogP contribution in [0.4, 0.5) is 11.4 Å². The predicted molar refractivity (Wildman–Crippen MR) is 129 cm³/mol. The molecule has 0 saturated heterocycles. The summed E-state index contributed by atoms with van der Waals surface area (Å²) in [6.07, 6.45) is 4.00. The Bertz CT molecular complexity index is 1460. The standard InChI is InChI=1S/C14H12N2O6S.C8H7BrN2/c1-9-3-5-11(15(17)18)7-13(9)23(21,22)14-8-12(16(19)20)6-4-10(14)2;1-6-4-11-5-7(9)2-3-8(11)10-6/h3-8H,1-2H3;2-5H,1H3. The van der Waals surface area contributed by atoms with Gasteiger partial charge < -0.3 is 4.40 Å². The van der Waals surface area contributed by atoms with Gasteiger partial charge >= 0.3 is 0 Å². The van der Waals surface area contributed by atoms with E-state index in [1.165, 1.54) is 38.1 Å². The Kier molecular flexibility index (Phi) is 7.12. The lowest BCUT2D eigenvalue weighted by molar-refractivity contribution is -0.385. The number of nitro groups is 2. The molecule has 0 N–H and O–H groups in total. The average Bonchev–Trinajstić information content (AvgIpc) is 3.13. The minimum Gasteiger partial charge on any atom is -0.306 e. The third-order valence-corrected chi connectivity index (χ3v) is 7.39. The highest BCUT2D eigenvalue weighted by Crippen LogP contribution is 2.31. The molecule has 2 aromatic heterocycles. The van der Waals surface area contributed by atoms with Crippen LogP contribution in [0.25, 0.3) is 5.65 Å². The van der Waals surface area contributed by atoms with Crippen LogP contribution in [0.15, 0.2) is 75.2 Å². The van der Waals surface area contributed by atoms with Crippen LogP contribution in [0.5, 0.6) is 0 Å². The molecule has 176 valence electrons. The van der Waals surface area contributed by atoms with E-state index in [1.54, 1.807) is 0 Å². The van der Waals surface area contributed by atoms with Gasteiger partial charge in [-0.25, -0.2) is 13.4 Å². The fourth-order valence-corrected chi connectivity index (χ4v) is 5.32. The molecule has 0 amide bonds. The molecule has 0 fully saturated rings. The molecule has 0 spiro atoms. The number of imidazole rings is 1. The lowest BCUT2D eigenvalue weighted by Gasteiger charge is -2.10. The average molecular weight is 547 g/mol. The van der Waals surface area contributed by atoms with E-state index in [0.717, 1.165) is 27.9 Å². The molecule has 2 heterocycles. The summed E-state index contributed by atoms with van der Waals surface area (Å²) in [6, 6.07) is 11.0. The monoisotopic (exact) mass is 546 g/mol. The van der Waals surface area contributed by atoms with Gasteiger partial charge in [0.1, 0.15) is 5.65 Å². The second-order valence-corrected chi connectivity index (χ2v) is 10.2. The first-order valence-electron chi connectivity index (χ1n) is 9.76. The summed E-state index contributed by atoms with van der Waals surface area (Å²) < 4.78 is 28.6. The number of sulfone groups is 1. The van der Waals surface area contributed by atoms with Crippen LogP contribution in [0.2, 0.25) is 0 Å². The minimum atomic E-state index is -4.12. The normalized spacial score (nSPS) is 11.1. The largest absolute Gasteiger partial charge is 0.306 e. The highest BCUT2D eigenvalue weighted by atomic mass is 79.9. The zero-order valence-electron chi connectivity index (χ0n) is 18.3. The molecule has 0 saturated carbocycles. The van der Waals surface area contributed by atoms with Crippen LogP contribution in [0, 0.1) is 41.0 Å². The zero-order valence-corrected chi connectivity index (χ0v) is 20.7. The van der Waals surface area contributed by atoms with Crippen LogP contribution in [0.3, 0.4) is 0 Å². The van der Waals surface area contributed by atoms with E-state index in [-0.39, 0.29) is 21.2 Å². The number of hydrogen-bond donors (Lipinski definition) is 0. The van der Waals surface area contributed by atoms with Gasteiger partial charge in [-0.2, -0.15) is 0 Å². The van der Waals surface area contributed by atoms with E-state index in [9.17, 15) is 28.6 Å². The summed E-state index contributed by atoms with van der Waals surface area (Å²) in [5, 5.41) is 21.7. The summed E-state index contributed by atoms with van der Waals surface area (Å²) >= 11 is 3.39. The molecule has 0 radical (unpaired) electrons. The van der Waals surface area contributed by atoms with Gasteiger partial charge in [-0.05, 0) is 60.0 Å². The molecule has 0 bridgehead atoms. The van der Waals surface area contributed by atoms with Gasteiger partial charge in [0.2, 0.25) is 9.84 Å². The zero-order chi connectivity index (χ0) is 25.2. The molecule has 0 aliphatic heterocycles. The highest BCUT2D eigenvalue weighted by molar-refractivity contribution is 9.10. The molecular formula is C22H19BrN4O6S. The number of nitro benzene ring substituents is 2. The lowest BCUT2D eigenvalue weighted by Crippen LogP contribution is -2.07. The number of aromatic nitrogens is 2. The molecular weight excluding hydrogens is 528 g/mol. The van der Waals surface area contributed by atoms with Crippen LogP contribution >= 0.6 is 15.9 Å². The number of aryl methyl sites for hydroxylation is 3. The third-order valence-electron chi connectivity index (χ3n) is 4.88. The molecule has 4 rings (SSSR count). The minimum absolute atomic E-state index is 0.240. The molecule has 34 heavy (non-hydrogen) atoms. The molecule has 12 heteroatoms. The maximum atomic E-state index is 12.8. The van der Waals surface area contributed by atoms with Crippen molar-refractivity contribution in [2.45, 2.75) is 30.6 Å². The van der Waals surface area contributed by atoms with E-state index in [0.29, 0.717) is 11.1 Å². The number of pyridine rings is 1. The van der Waals surface area contributed by atoms with Crippen molar-refractivity contribution in [3.8, 4) is 0 Å². The third kappa shape index (κ3) is 5.29. The van der Waals surface area contributed by atoms with E-state index < -0.39 is 19.7 Å². The Morgan fingerprint density at radius 1 is 0.824 bits per heavy atom. The lowest BCUT2D eigenvalue weighted by atomic mass is 10.2. The summed E-state index contributed by atoms with van der Waals surface area (Å²) in [4.78, 5) is 24.1. The van der Waals surface area contributed by atoms with E-state index in [2.05, 4.69) is 20.9 Å². The van der Waals surface area contributed by atoms with Gasteiger partial charge in [0.25, 0.3) is 11.4 Å². The molecule has 4 aromatic rings. The van der Waals surface area contributed by atoms with Crippen molar-refractivity contribution in [1.82, 2.24) is 9.38 Å². The van der Waals surface area contributed by atoms with Gasteiger partial charge in [-0.15, -0.1) is 0 Å². The van der Waals surface area contributed by atoms with Crippen LogP contribution in [-0.2, 0) is 9.84 Å². The fourth-order valence-electron chi connectivity index (χ4n) is 3.19. The van der Waals surface area contributed by atoms with Gasteiger partial charge in [-0.3, -0.25) is 20.2 Å². The first kappa shape index (κ1) is 25.0. The van der Waals surface area contributed by atoms with E-state index in [4.69, 9.17) is 0 Å². The Morgan fingerprint density at radius 3 is 1.79 bits per heavy atom. The quantitative estimate of drug-likeness (QED) is 0.248. The smallest absolute Gasteiger partial charge is 0.270 e.